The summed E-state index contributed by atoms with van der Waals surface area (Å²) in [6.07, 6.45) is 7.35. The molecule has 1 aliphatic rings. The minimum absolute atomic E-state index is 0.00154. The van der Waals surface area contributed by atoms with Crippen molar-refractivity contribution in [2.75, 3.05) is 11.9 Å². The highest BCUT2D eigenvalue weighted by molar-refractivity contribution is 5.95. The van der Waals surface area contributed by atoms with Gasteiger partial charge in [0.05, 0.1) is 17.9 Å². The summed E-state index contributed by atoms with van der Waals surface area (Å²) in [4.78, 5) is 16.8. The summed E-state index contributed by atoms with van der Waals surface area (Å²) in [5, 5.41) is 10.4. The van der Waals surface area contributed by atoms with Crippen LogP contribution in [0.15, 0.2) is 36.8 Å². The molecule has 1 aliphatic heterocycles. The molecule has 6 nitrogen and oxygen atoms in total. The van der Waals surface area contributed by atoms with Crippen molar-refractivity contribution in [1.29, 1.82) is 0 Å². The summed E-state index contributed by atoms with van der Waals surface area (Å²) in [5.74, 6) is 0.720. The van der Waals surface area contributed by atoms with E-state index in [0.717, 1.165) is 25.2 Å². The third-order valence-corrected chi connectivity index (χ3v) is 4.14. The average Bonchev–Trinajstić information content (AvgIpc) is 3.01. The van der Waals surface area contributed by atoms with Crippen LogP contribution in [0.3, 0.4) is 0 Å². The molecule has 0 spiro atoms. The Labute approximate surface area is 129 Å². The van der Waals surface area contributed by atoms with Gasteiger partial charge in [-0.25, -0.2) is 9.67 Å². The molecule has 3 heterocycles. The third kappa shape index (κ3) is 3.01. The van der Waals surface area contributed by atoms with E-state index < -0.39 is 0 Å². The number of piperidine rings is 1. The van der Waals surface area contributed by atoms with E-state index in [2.05, 4.69) is 34.6 Å². The SMILES string of the molecule is CC1(C)CCCNC1C(=O)Nc1ccc(-n2cccn2)nc1. The van der Waals surface area contributed by atoms with Crippen LogP contribution in [0.5, 0.6) is 0 Å². The Balaban J connectivity index is 1.69. The molecule has 22 heavy (non-hydrogen) atoms. The first-order valence-electron chi connectivity index (χ1n) is 7.57. The molecule has 3 rings (SSSR count). The van der Waals surface area contributed by atoms with E-state index in [1.54, 1.807) is 17.1 Å². The predicted molar refractivity (Wildman–Crippen MR) is 84.8 cm³/mol. The smallest absolute Gasteiger partial charge is 0.242 e. The van der Waals surface area contributed by atoms with Crippen molar-refractivity contribution in [3.8, 4) is 5.82 Å². The Kier molecular flexibility index (Phi) is 3.94. The Hall–Kier alpha value is -2.21. The molecule has 2 N–H and O–H groups in total. The van der Waals surface area contributed by atoms with Crippen LogP contribution in [0.25, 0.3) is 5.82 Å². The van der Waals surface area contributed by atoms with Crippen LogP contribution >= 0.6 is 0 Å². The summed E-state index contributed by atoms with van der Waals surface area (Å²) < 4.78 is 1.68. The maximum atomic E-state index is 12.5. The fourth-order valence-electron chi connectivity index (χ4n) is 2.87. The Morgan fingerprint density at radius 1 is 1.45 bits per heavy atom. The monoisotopic (exact) mass is 299 g/mol. The number of amides is 1. The van der Waals surface area contributed by atoms with Crippen molar-refractivity contribution < 1.29 is 4.79 Å². The number of nitrogens with zero attached hydrogens (tertiary/aromatic N) is 3. The maximum Gasteiger partial charge on any atom is 0.242 e. The topological polar surface area (TPSA) is 71.8 Å². The fourth-order valence-corrected chi connectivity index (χ4v) is 2.87. The largest absolute Gasteiger partial charge is 0.323 e. The summed E-state index contributed by atoms with van der Waals surface area (Å²) in [6.45, 7) is 5.14. The first kappa shape index (κ1) is 14.7. The van der Waals surface area contributed by atoms with Gasteiger partial charge in [-0.1, -0.05) is 13.8 Å². The van der Waals surface area contributed by atoms with Crippen LogP contribution < -0.4 is 10.6 Å². The van der Waals surface area contributed by atoms with Gasteiger partial charge in [0.25, 0.3) is 0 Å². The lowest BCUT2D eigenvalue weighted by molar-refractivity contribution is -0.121. The fraction of sp³-hybridized carbons (Fsp3) is 0.438. The molecule has 1 fully saturated rings. The van der Waals surface area contributed by atoms with Gasteiger partial charge in [-0.05, 0) is 43.0 Å². The second kappa shape index (κ2) is 5.88. The zero-order valence-corrected chi connectivity index (χ0v) is 12.9. The highest BCUT2D eigenvalue weighted by Crippen LogP contribution is 2.30. The molecule has 0 aromatic carbocycles. The van der Waals surface area contributed by atoms with Crippen LogP contribution in [0, 0.1) is 5.41 Å². The van der Waals surface area contributed by atoms with Gasteiger partial charge in [-0.15, -0.1) is 0 Å². The number of carbonyl (C=O) groups excluding carboxylic acids is 1. The van der Waals surface area contributed by atoms with Gasteiger partial charge in [-0.3, -0.25) is 4.79 Å². The van der Waals surface area contributed by atoms with E-state index in [-0.39, 0.29) is 17.4 Å². The minimum Gasteiger partial charge on any atom is -0.323 e. The number of rotatable bonds is 3. The Morgan fingerprint density at radius 2 is 2.32 bits per heavy atom. The predicted octanol–water partition coefficient (Wildman–Crippen LogP) is 1.98. The first-order valence-corrected chi connectivity index (χ1v) is 7.57. The van der Waals surface area contributed by atoms with E-state index in [1.807, 2.05) is 24.4 Å². The van der Waals surface area contributed by atoms with E-state index in [4.69, 9.17) is 0 Å². The van der Waals surface area contributed by atoms with Gasteiger partial charge in [0.1, 0.15) is 0 Å². The molecule has 2 aromatic heterocycles. The van der Waals surface area contributed by atoms with Crippen molar-refractivity contribution >= 4 is 11.6 Å². The Bertz CT molecular complexity index is 633. The molecular formula is C16H21N5O. The summed E-state index contributed by atoms with van der Waals surface area (Å²) >= 11 is 0. The average molecular weight is 299 g/mol. The van der Waals surface area contributed by atoms with Crippen molar-refractivity contribution in [3.05, 3.63) is 36.8 Å². The van der Waals surface area contributed by atoms with Crippen LogP contribution in [0.2, 0.25) is 0 Å². The lowest BCUT2D eigenvalue weighted by atomic mass is 9.77. The highest BCUT2D eigenvalue weighted by Gasteiger charge is 2.37. The van der Waals surface area contributed by atoms with Crippen LogP contribution in [-0.2, 0) is 4.79 Å². The number of hydrogen-bond donors (Lipinski definition) is 2. The third-order valence-electron chi connectivity index (χ3n) is 4.14. The molecule has 0 aliphatic carbocycles. The van der Waals surface area contributed by atoms with Crippen molar-refractivity contribution in [1.82, 2.24) is 20.1 Å². The number of nitrogens with one attached hydrogen (secondary N) is 2. The molecule has 0 bridgehead atoms. The molecule has 1 unspecified atom stereocenters. The summed E-state index contributed by atoms with van der Waals surface area (Å²) in [7, 11) is 0. The van der Waals surface area contributed by atoms with Crippen LogP contribution in [0.1, 0.15) is 26.7 Å². The lowest BCUT2D eigenvalue weighted by Crippen LogP contribution is -2.53. The number of pyridine rings is 1. The second-order valence-electron chi connectivity index (χ2n) is 6.32. The maximum absolute atomic E-state index is 12.5. The molecule has 0 saturated carbocycles. The molecule has 6 heteroatoms. The number of hydrogen-bond acceptors (Lipinski definition) is 4. The van der Waals surface area contributed by atoms with Crippen molar-refractivity contribution in [3.63, 3.8) is 0 Å². The Morgan fingerprint density at radius 3 is 2.95 bits per heavy atom. The van der Waals surface area contributed by atoms with Gasteiger partial charge in [0.2, 0.25) is 5.91 Å². The minimum atomic E-state index is -0.174. The molecule has 1 saturated heterocycles. The second-order valence-corrected chi connectivity index (χ2v) is 6.32. The van der Waals surface area contributed by atoms with Crippen LogP contribution in [0.4, 0.5) is 5.69 Å². The molecule has 1 amide bonds. The van der Waals surface area contributed by atoms with Crippen molar-refractivity contribution in [2.24, 2.45) is 5.41 Å². The van der Waals surface area contributed by atoms with Gasteiger partial charge in [0, 0.05) is 12.4 Å². The van der Waals surface area contributed by atoms with Gasteiger partial charge in [0.15, 0.2) is 5.82 Å². The van der Waals surface area contributed by atoms with E-state index in [0.29, 0.717) is 5.69 Å². The summed E-state index contributed by atoms with van der Waals surface area (Å²) in [5.41, 5.74) is 0.661. The molecule has 1 atom stereocenters. The molecule has 2 aromatic rings. The van der Waals surface area contributed by atoms with E-state index in [9.17, 15) is 4.79 Å². The molecule has 116 valence electrons. The summed E-state index contributed by atoms with van der Waals surface area (Å²) in [6, 6.07) is 5.35. The van der Waals surface area contributed by atoms with Gasteiger partial charge >= 0.3 is 0 Å². The van der Waals surface area contributed by atoms with Crippen molar-refractivity contribution in [2.45, 2.75) is 32.7 Å². The lowest BCUT2D eigenvalue weighted by Gasteiger charge is -2.38. The zero-order valence-electron chi connectivity index (χ0n) is 12.9. The van der Waals surface area contributed by atoms with E-state index >= 15 is 0 Å². The first-order chi connectivity index (χ1) is 10.6. The van der Waals surface area contributed by atoms with Crippen LogP contribution in [-0.4, -0.2) is 33.3 Å². The normalized spacial score (nSPS) is 20.5. The number of carbonyl (C=O) groups is 1. The highest BCUT2D eigenvalue weighted by atomic mass is 16.2. The molecule has 0 radical (unpaired) electrons. The van der Waals surface area contributed by atoms with E-state index in [1.165, 1.54) is 0 Å². The number of anilines is 1. The number of aromatic nitrogens is 3. The standard InChI is InChI=1S/C16H21N5O/c1-16(2)7-3-8-17-14(16)15(22)20-12-5-6-13(18-11-12)21-10-4-9-19-21/h4-6,9-11,14,17H,3,7-8H2,1-2H3,(H,20,22). The van der Waals surface area contributed by atoms with Gasteiger partial charge in [-0.2, -0.15) is 5.10 Å². The quantitative estimate of drug-likeness (QED) is 0.909. The van der Waals surface area contributed by atoms with Gasteiger partial charge < -0.3 is 10.6 Å². The zero-order chi connectivity index (χ0) is 15.6. The molecular weight excluding hydrogens is 278 g/mol.